The molecule has 0 saturated carbocycles. The third-order valence-corrected chi connectivity index (χ3v) is 3.68. The minimum absolute atomic E-state index is 0.0151. The average Bonchev–Trinajstić information content (AvgIpc) is 2.78. The molecule has 0 aliphatic heterocycles. The quantitative estimate of drug-likeness (QED) is 0.699. The van der Waals surface area contributed by atoms with Gasteiger partial charge in [-0.3, -0.25) is 13.8 Å². The molecule has 0 aliphatic rings. The van der Waals surface area contributed by atoms with E-state index < -0.39 is 10.8 Å². The van der Waals surface area contributed by atoms with Gasteiger partial charge in [-0.2, -0.15) is 0 Å². The van der Waals surface area contributed by atoms with Crippen molar-refractivity contribution in [3.05, 3.63) is 23.7 Å². The Bertz CT molecular complexity index is 437. The molecule has 1 unspecified atom stereocenters. The first kappa shape index (κ1) is 14.6. The molecule has 6 heteroatoms. The smallest absolute Gasteiger partial charge is 0.235 e. The van der Waals surface area contributed by atoms with Crippen molar-refractivity contribution in [2.45, 2.75) is 19.6 Å². The van der Waals surface area contributed by atoms with Crippen molar-refractivity contribution in [1.29, 1.82) is 0 Å². The van der Waals surface area contributed by atoms with E-state index in [1.165, 1.54) is 6.07 Å². The van der Waals surface area contributed by atoms with Crippen LogP contribution in [0.2, 0.25) is 0 Å². The summed E-state index contributed by atoms with van der Waals surface area (Å²) in [6, 6.07) is 3.12. The summed E-state index contributed by atoms with van der Waals surface area (Å²) in [6.45, 7) is 4.99. The average molecular weight is 271 g/mol. The zero-order valence-corrected chi connectivity index (χ0v) is 11.4. The topological polar surface area (TPSA) is 67.6 Å². The fourth-order valence-electron chi connectivity index (χ4n) is 1.55. The van der Waals surface area contributed by atoms with Crippen LogP contribution in [0.3, 0.4) is 0 Å². The number of rotatable bonds is 7. The SMILES string of the molecule is CCN(CC)C(=O)CS(=O)Cc1ccc(C=O)o1. The molecule has 0 radical (unpaired) electrons. The molecule has 1 rings (SSSR count). The Labute approximate surface area is 109 Å². The summed E-state index contributed by atoms with van der Waals surface area (Å²) in [5, 5.41) is 0. The fourth-order valence-corrected chi connectivity index (χ4v) is 2.58. The van der Waals surface area contributed by atoms with E-state index in [1.54, 1.807) is 11.0 Å². The maximum Gasteiger partial charge on any atom is 0.235 e. The Hall–Kier alpha value is -1.43. The van der Waals surface area contributed by atoms with Crippen LogP contribution < -0.4 is 0 Å². The molecular weight excluding hydrogens is 254 g/mol. The van der Waals surface area contributed by atoms with Gasteiger partial charge in [-0.25, -0.2) is 0 Å². The number of carbonyl (C=O) groups is 2. The van der Waals surface area contributed by atoms with Gasteiger partial charge in [0, 0.05) is 23.9 Å². The van der Waals surface area contributed by atoms with Crippen LogP contribution in [0.1, 0.15) is 30.2 Å². The van der Waals surface area contributed by atoms with Crippen LogP contribution >= 0.6 is 0 Å². The first-order valence-corrected chi connectivity index (χ1v) is 7.26. The molecule has 0 N–H and O–H groups in total. The van der Waals surface area contributed by atoms with Crippen molar-refractivity contribution in [2.24, 2.45) is 0 Å². The van der Waals surface area contributed by atoms with E-state index in [0.29, 0.717) is 25.1 Å². The van der Waals surface area contributed by atoms with E-state index in [9.17, 15) is 13.8 Å². The van der Waals surface area contributed by atoms with Crippen LogP contribution in [0.15, 0.2) is 16.5 Å². The van der Waals surface area contributed by atoms with Gasteiger partial charge in [-0.1, -0.05) is 0 Å². The minimum atomic E-state index is -1.31. The lowest BCUT2D eigenvalue weighted by atomic mass is 10.4. The standard InChI is InChI=1S/C12H17NO4S/c1-3-13(4-2)12(15)9-18(16)8-11-6-5-10(7-14)17-11/h5-7H,3-4,8-9H2,1-2H3. The minimum Gasteiger partial charge on any atom is -0.457 e. The van der Waals surface area contributed by atoms with Gasteiger partial charge in [0.15, 0.2) is 12.0 Å². The number of aldehydes is 1. The van der Waals surface area contributed by atoms with Gasteiger partial charge < -0.3 is 9.32 Å². The first-order chi connectivity index (χ1) is 8.60. The molecule has 0 bridgehead atoms. The van der Waals surface area contributed by atoms with Crippen molar-refractivity contribution in [3.8, 4) is 0 Å². The molecule has 1 atom stereocenters. The Morgan fingerprint density at radius 1 is 1.39 bits per heavy atom. The monoisotopic (exact) mass is 271 g/mol. The van der Waals surface area contributed by atoms with Crippen LogP contribution in [0.5, 0.6) is 0 Å². The van der Waals surface area contributed by atoms with E-state index in [-0.39, 0.29) is 23.2 Å². The molecule has 18 heavy (non-hydrogen) atoms. The lowest BCUT2D eigenvalue weighted by Gasteiger charge is -2.17. The maximum absolute atomic E-state index is 11.8. The molecule has 100 valence electrons. The van der Waals surface area contributed by atoms with E-state index in [2.05, 4.69) is 0 Å². The van der Waals surface area contributed by atoms with Gasteiger partial charge >= 0.3 is 0 Å². The number of nitrogens with zero attached hydrogens (tertiary/aromatic N) is 1. The molecule has 1 heterocycles. The second-order valence-electron chi connectivity index (χ2n) is 3.72. The summed E-state index contributed by atoms with van der Waals surface area (Å²) < 4.78 is 16.9. The Morgan fingerprint density at radius 3 is 2.56 bits per heavy atom. The van der Waals surface area contributed by atoms with Gasteiger partial charge in [0.2, 0.25) is 5.91 Å². The van der Waals surface area contributed by atoms with Crippen molar-refractivity contribution in [2.75, 3.05) is 18.8 Å². The van der Waals surface area contributed by atoms with E-state index in [0.717, 1.165) is 0 Å². The van der Waals surface area contributed by atoms with Crippen molar-refractivity contribution in [3.63, 3.8) is 0 Å². The van der Waals surface area contributed by atoms with Gasteiger partial charge in [0.1, 0.15) is 11.5 Å². The third-order valence-electron chi connectivity index (χ3n) is 2.50. The van der Waals surface area contributed by atoms with Crippen molar-refractivity contribution in [1.82, 2.24) is 4.90 Å². The Morgan fingerprint density at radius 2 is 2.06 bits per heavy atom. The molecule has 0 spiro atoms. The van der Waals surface area contributed by atoms with E-state index in [1.807, 2.05) is 13.8 Å². The van der Waals surface area contributed by atoms with Crippen LogP contribution in [-0.4, -0.2) is 40.1 Å². The number of hydrogen-bond donors (Lipinski definition) is 0. The van der Waals surface area contributed by atoms with Crippen LogP contribution in [0.25, 0.3) is 0 Å². The van der Waals surface area contributed by atoms with Gasteiger partial charge in [0.25, 0.3) is 0 Å². The zero-order valence-electron chi connectivity index (χ0n) is 10.5. The Balaban J connectivity index is 2.51. The zero-order chi connectivity index (χ0) is 13.5. The normalized spacial score (nSPS) is 12.1. The molecule has 1 aromatic rings. The third kappa shape index (κ3) is 4.10. The highest BCUT2D eigenvalue weighted by Crippen LogP contribution is 2.08. The van der Waals surface area contributed by atoms with Crippen LogP contribution in [-0.2, 0) is 21.3 Å². The largest absolute Gasteiger partial charge is 0.457 e. The summed E-state index contributed by atoms with van der Waals surface area (Å²) in [5.74, 6) is 0.681. The number of amides is 1. The van der Waals surface area contributed by atoms with Crippen LogP contribution in [0.4, 0.5) is 0 Å². The van der Waals surface area contributed by atoms with Gasteiger partial charge in [-0.05, 0) is 26.0 Å². The van der Waals surface area contributed by atoms with Crippen molar-refractivity contribution >= 4 is 23.0 Å². The highest BCUT2D eigenvalue weighted by Gasteiger charge is 2.15. The molecule has 0 saturated heterocycles. The van der Waals surface area contributed by atoms with E-state index in [4.69, 9.17) is 4.42 Å². The van der Waals surface area contributed by atoms with Crippen LogP contribution in [0, 0.1) is 0 Å². The summed E-state index contributed by atoms with van der Waals surface area (Å²) in [5.41, 5.74) is 0. The summed E-state index contributed by atoms with van der Waals surface area (Å²) in [6.07, 6.45) is 0.591. The number of furan rings is 1. The first-order valence-electron chi connectivity index (χ1n) is 5.77. The molecule has 5 nitrogen and oxygen atoms in total. The predicted molar refractivity (Wildman–Crippen MR) is 68.7 cm³/mol. The maximum atomic E-state index is 11.8. The second-order valence-corrected chi connectivity index (χ2v) is 5.17. The molecule has 0 aliphatic carbocycles. The Kier molecular flexibility index (Phi) is 5.77. The summed E-state index contributed by atoms with van der Waals surface area (Å²) in [4.78, 5) is 23.8. The molecular formula is C12H17NO4S. The summed E-state index contributed by atoms with van der Waals surface area (Å²) in [7, 11) is -1.31. The molecule has 1 amide bonds. The van der Waals surface area contributed by atoms with Crippen molar-refractivity contribution < 1.29 is 18.2 Å². The molecule has 0 aromatic carbocycles. The highest BCUT2D eigenvalue weighted by molar-refractivity contribution is 7.84. The fraction of sp³-hybridized carbons (Fsp3) is 0.500. The number of hydrogen-bond acceptors (Lipinski definition) is 4. The lowest BCUT2D eigenvalue weighted by Crippen LogP contribution is -2.34. The predicted octanol–water partition coefficient (Wildman–Crippen LogP) is 1.21. The highest BCUT2D eigenvalue weighted by atomic mass is 32.2. The van der Waals surface area contributed by atoms with Gasteiger partial charge in [0.05, 0.1) is 5.75 Å². The summed E-state index contributed by atoms with van der Waals surface area (Å²) >= 11 is 0. The molecule has 1 aromatic heterocycles. The second kappa shape index (κ2) is 7.10. The van der Waals surface area contributed by atoms with E-state index >= 15 is 0 Å². The molecule has 0 fully saturated rings. The number of carbonyl (C=O) groups excluding carboxylic acids is 2. The lowest BCUT2D eigenvalue weighted by molar-refractivity contribution is -0.128. The van der Waals surface area contributed by atoms with Gasteiger partial charge in [-0.15, -0.1) is 0 Å².